The molecule has 0 radical (unpaired) electrons. The monoisotopic (exact) mass is 668 g/mol. The summed E-state index contributed by atoms with van der Waals surface area (Å²) < 4.78 is 23.8. The molecule has 1 aromatic heterocycles. The molecule has 2 aromatic rings. The van der Waals surface area contributed by atoms with Gasteiger partial charge in [-0.25, -0.2) is 14.6 Å². The third-order valence-corrected chi connectivity index (χ3v) is 9.57. The minimum atomic E-state index is -1.31. The number of carbonyl (C=O) groups excluding carboxylic acids is 2. The van der Waals surface area contributed by atoms with Gasteiger partial charge in [0.1, 0.15) is 30.5 Å². The third kappa shape index (κ3) is 9.28. The summed E-state index contributed by atoms with van der Waals surface area (Å²) in [5.41, 5.74) is 0.886. The number of nitrogens with one attached hydrogen (secondary N) is 1. The van der Waals surface area contributed by atoms with Gasteiger partial charge in [-0.3, -0.25) is 9.69 Å². The van der Waals surface area contributed by atoms with Crippen molar-refractivity contribution in [2.75, 3.05) is 53.1 Å². The lowest BCUT2D eigenvalue weighted by atomic mass is 9.85. The average molecular weight is 669 g/mol. The van der Waals surface area contributed by atoms with E-state index in [1.807, 2.05) is 24.3 Å². The van der Waals surface area contributed by atoms with Crippen molar-refractivity contribution < 1.29 is 38.4 Å². The van der Waals surface area contributed by atoms with E-state index >= 15 is 0 Å². The second-order valence-electron chi connectivity index (χ2n) is 14.3. The highest BCUT2D eigenvalue weighted by Gasteiger charge is 2.46. The number of hydrogen-bond donors (Lipinski definition) is 2. The van der Waals surface area contributed by atoms with Gasteiger partial charge < -0.3 is 34.3 Å². The first kappa shape index (κ1) is 35.7. The van der Waals surface area contributed by atoms with E-state index in [0.29, 0.717) is 12.5 Å². The summed E-state index contributed by atoms with van der Waals surface area (Å²) in [5.74, 6) is 1.02. The Hall–Kier alpha value is -3.64. The Bertz CT molecular complexity index is 1420. The van der Waals surface area contributed by atoms with Gasteiger partial charge >= 0.3 is 12.1 Å². The van der Waals surface area contributed by atoms with Crippen LogP contribution in [0.3, 0.4) is 0 Å². The molecule has 3 aliphatic rings. The molecule has 2 amide bonds. The zero-order valence-corrected chi connectivity index (χ0v) is 28.9. The molecule has 48 heavy (non-hydrogen) atoms. The first-order valence-corrected chi connectivity index (χ1v) is 17.4. The van der Waals surface area contributed by atoms with Crippen LogP contribution in [0.5, 0.6) is 11.6 Å². The highest BCUT2D eigenvalue weighted by Crippen LogP contribution is 2.39. The molecule has 3 atom stereocenters. The molecule has 3 fully saturated rings. The van der Waals surface area contributed by atoms with Gasteiger partial charge in [0.2, 0.25) is 11.8 Å². The number of nitrogens with zero attached hydrogens (tertiary/aromatic N) is 3. The Morgan fingerprint density at radius 3 is 2.54 bits per heavy atom. The summed E-state index contributed by atoms with van der Waals surface area (Å²) >= 11 is 0. The molecule has 1 saturated carbocycles. The molecular weight excluding hydrogens is 616 g/mol. The zero-order valence-electron chi connectivity index (χ0n) is 28.9. The van der Waals surface area contributed by atoms with Crippen LogP contribution in [0.4, 0.5) is 4.79 Å². The molecule has 2 aliphatic heterocycles. The van der Waals surface area contributed by atoms with Crippen LogP contribution in [-0.4, -0.2) is 109 Å². The summed E-state index contributed by atoms with van der Waals surface area (Å²) in [6.45, 7) is 9.88. The highest BCUT2D eigenvalue weighted by molar-refractivity contribution is 5.91. The van der Waals surface area contributed by atoms with Crippen molar-refractivity contribution >= 4 is 28.9 Å². The molecule has 2 N–H and O–H groups in total. The SMILES string of the molecule is COC(=O)[C@@H]1CC(Oc2nc3ccccc3c(OCCN3CCOCC3)c2CCCCCC2CC2)CN1C(=O)[C@@H](NC(=O)O)C(C)(C)C. The van der Waals surface area contributed by atoms with E-state index in [2.05, 4.69) is 10.2 Å². The number of para-hydroxylation sites is 1. The molecule has 1 unspecified atom stereocenters. The lowest BCUT2D eigenvalue weighted by molar-refractivity contribution is -0.152. The smallest absolute Gasteiger partial charge is 0.405 e. The topological polar surface area (TPSA) is 140 Å². The van der Waals surface area contributed by atoms with Gasteiger partial charge in [0.05, 0.1) is 37.9 Å². The van der Waals surface area contributed by atoms with Crippen molar-refractivity contribution in [3.63, 3.8) is 0 Å². The number of morpholine rings is 1. The number of aromatic nitrogens is 1. The first-order valence-electron chi connectivity index (χ1n) is 17.4. The number of pyridine rings is 1. The number of hydrogen-bond acceptors (Lipinski definition) is 9. The van der Waals surface area contributed by atoms with Crippen molar-refractivity contribution in [1.82, 2.24) is 20.1 Å². The number of rotatable bonds is 15. The summed E-state index contributed by atoms with van der Waals surface area (Å²) in [7, 11) is 1.28. The fraction of sp³-hybridized carbons (Fsp3) is 0.667. The van der Waals surface area contributed by atoms with Crippen LogP contribution in [0.15, 0.2) is 24.3 Å². The van der Waals surface area contributed by atoms with Gasteiger partial charge in [0, 0.05) is 31.4 Å². The van der Waals surface area contributed by atoms with Crippen molar-refractivity contribution in [3.05, 3.63) is 29.8 Å². The molecule has 1 aromatic carbocycles. The van der Waals surface area contributed by atoms with E-state index in [1.165, 1.54) is 37.7 Å². The lowest BCUT2D eigenvalue weighted by Gasteiger charge is -2.34. The second kappa shape index (κ2) is 16.2. The van der Waals surface area contributed by atoms with Gasteiger partial charge in [-0.2, -0.15) is 0 Å². The van der Waals surface area contributed by atoms with Crippen LogP contribution in [-0.2, 0) is 25.5 Å². The maximum Gasteiger partial charge on any atom is 0.405 e. The minimum Gasteiger partial charge on any atom is -0.491 e. The Morgan fingerprint density at radius 1 is 1.10 bits per heavy atom. The molecule has 2 saturated heterocycles. The molecule has 264 valence electrons. The Labute approximate surface area is 283 Å². The molecule has 0 spiro atoms. The van der Waals surface area contributed by atoms with Crippen LogP contribution in [0.1, 0.15) is 71.3 Å². The van der Waals surface area contributed by atoms with Crippen molar-refractivity contribution in [2.45, 2.75) is 90.3 Å². The molecule has 12 nitrogen and oxygen atoms in total. The quantitative estimate of drug-likeness (QED) is 0.203. The second-order valence-corrected chi connectivity index (χ2v) is 14.3. The summed E-state index contributed by atoms with van der Waals surface area (Å²) in [4.78, 5) is 47.1. The standard InChI is InChI=1S/C36H52N4O8/c1-36(2,3)31(38-35(43)44)33(41)40-23-25(22-29(40)34(42)45-4)48-32-27(12-7-5-6-10-24-14-15-24)30(26-11-8-9-13-28(26)37-32)47-21-18-39-16-19-46-20-17-39/h8-9,11,13,24-25,29,31,38H,5-7,10,12,14-23H2,1-4H3,(H,43,44)/t25?,29-,31+/m0/s1. The number of benzene rings is 1. The zero-order chi connectivity index (χ0) is 34.3. The van der Waals surface area contributed by atoms with Crippen LogP contribution in [0, 0.1) is 11.3 Å². The number of carboxylic acid groups (broad SMARTS) is 1. The van der Waals surface area contributed by atoms with Gasteiger partial charge in [0.25, 0.3) is 0 Å². The van der Waals surface area contributed by atoms with Crippen molar-refractivity contribution in [2.24, 2.45) is 11.3 Å². The maximum absolute atomic E-state index is 13.8. The summed E-state index contributed by atoms with van der Waals surface area (Å²) in [6.07, 6.45) is 6.23. The lowest BCUT2D eigenvalue weighted by Crippen LogP contribution is -2.56. The Morgan fingerprint density at radius 2 is 1.85 bits per heavy atom. The van der Waals surface area contributed by atoms with Crippen LogP contribution in [0.2, 0.25) is 0 Å². The van der Waals surface area contributed by atoms with Crippen LogP contribution < -0.4 is 14.8 Å². The van der Waals surface area contributed by atoms with E-state index in [4.69, 9.17) is 23.9 Å². The average Bonchev–Trinajstić information content (AvgIpc) is 3.80. The number of carbonyl (C=O) groups is 3. The van der Waals surface area contributed by atoms with Crippen molar-refractivity contribution in [1.29, 1.82) is 0 Å². The number of esters is 1. The van der Waals surface area contributed by atoms with Gasteiger partial charge in [-0.1, -0.05) is 65.0 Å². The highest BCUT2D eigenvalue weighted by atomic mass is 16.5. The molecule has 3 heterocycles. The third-order valence-electron chi connectivity index (χ3n) is 9.57. The Balaban J connectivity index is 1.41. The molecule has 1 aliphatic carbocycles. The fourth-order valence-corrected chi connectivity index (χ4v) is 6.68. The largest absolute Gasteiger partial charge is 0.491 e. The summed E-state index contributed by atoms with van der Waals surface area (Å²) in [5, 5.41) is 12.8. The molecular formula is C36H52N4O8. The number of unbranched alkanes of at least 4 members (excludes halogenated alkanes) is 2. The predicted molar refractivity (Wildman–Crippen MR) is 180 cm³/mol. The van der Waals surface area contributed by atoms with E-state index in [-0.39, 0.29) is 13.0 Å². The number of fused-ring (bicyclic) bond motifs is 1. The predicted octanol–water partition coefficient (Wildman–Crippen LogP) is 4.66. The molecule has 5 rings (SSSR count). The van der Waals surface area contributed by atoms with Crippen molar-refractivity contribution in [3.8, 4) is 11.6 Å². The van der Waals surface area contributed by atoms with Gasteiger partial charge in [-0.15, -0.1) is 0 Å². The van der Waals surface area contributed by atoms with E-state index in [1.54, 1.807) is 20.8 Å². The van der Waals surface area contributed by atoms with Crippen LogP contribution in [0.25, 0.3) is 10.9 Å². The normalized spacial score (nSPS) is 20.8. The Kier molecular flexibility index (Phi) is 12.0. The fourth-order valence-electron chi connectivity index (χ4n) is 6.68. The minimum absolute atomic E-state index is 0.0784. The van der Waals surface area contributed by atoms with Crippen LogP contribution >= 0.6 is 0 Å². The molecule has 12 heteroatoms. The molecule has 0 bridgehead atoms. The number of ether oxygens (including phenoxy) is 4. The van der Waals surface area contributed by atoms with E-state index < -0.39 is 41.6 Å². The van der Waals surface area contributed by atoms with E-state index in [0.717, 1.165) is 80.2 Å². The number of likely N-dealkylation sites (tertiary alicyclic amines) is 1. The first-order chi connectivity index (χ1) is 23.0. The maximum atomic E-state index is 13.8. The summed E-state index contributed by atoms with van der Waals surface area (Å²) in [6, 6.07) is 5.87. The van der Waals surface area contributed by atoms with Gasteiger partial charge in [-0.05, 0) is 36.3 Å². The van der Waals surface area contributed by atoms with Gasteiger partial charge in [0.15, 0.2) is 0 Å². The number of methoxy groups -OCH3 is 1. The van der Waals surface area contributed by atoms with E-state index in [9.17, 15) is 19.5 Å². The number of amides is 2.